The maximum Gasteiger partial charge on any atom is 0.0240 e. The van der Waals surface area contributed by atoms with E-state index >= 15 is 0 Å². The lowest BCUT2D eigenvalue weighted by Gasteiger charge is -2.23. The van der Waals surface area contributed by atoms with Crippen LogP contribution in [0.4, 0.5) is 0 Å². The lowest BCUT2D eigenvalue weighted by Crippen LogP contribution is -2.08. The van der Waals surface area contributed by atoms with Gasteiger partial charge in [0.25, 0.3) is 0 Å². The number of hydrogen-bond donors (Lipinski definition) is 0. The van der Waals surface area contributed by atoms with Gasteiger partial charge < -0.3 is 0 Å². The molecule has 190 valence electrons. The SMILES string of the molecule is C=C(C)c1ccc(C2C=C(C3CC3)C=C2[C@H](C)CC(=C)c2cc(CC(C)C)cc(CC(C)C)c2)cc1. The molecule has 2 atom stereocenters. The molecule has 0 heterocycles. The van der Waals surface area contributed by atoms with E-state index < -0.39 is 0 Å². The molecule has 2 aromatic carbocycles. The van der Waals surface area contributed by atoms with Crippen molar-refractivity contribution >= 4 is 11.1 Å². The van der Waals surface area contributed by atoms with Crippen molar-refractivity contribution in [2.75, 3.05) is 0 Å². The predicted molar refractivity (Wildman–Crippen MR) is 159 cm³/mol. The Labute approximate surface area is 220 Å². The van der Waals surface area contributed by atoms with Crippen LogP contribution < -0.4 is 0 Å². The Morgan fingerprint density at radius 2 is 1.42 bits per heavy atom. The highest BCUT2D eigenvalue weighted by molar-refractivity contribution is 5.66. The van der Waals surface area contributed by atoms with Crippen LogP contribution >= 0.6 is 0 Å². The van der Waals surface area contributed by atoms with Crippen molar-refractivity contribution in [3.8, 4) is 0 Å². The van der Waals surface area contributed by atoms with Crippen LogP contribution in [0.2, 0.25) is 0 Å². The second-order valence-electron chi connectivity index (χ2n) is 12.4. The van der Waals surface area contributed by atoms with Crippen LogP contribution in [-0.4, -0.2) is 0 Å². The third kappa shape index (κ3) is 6.58. The van der Waals surface area contributed by atoms with Crippen molar-refractivity contribution < 1.29 is 0 Å². The zero-order valence-electron chi connectivity index (χ0n) is 23.5. The first-order valence-electron chi connectivity index (χ1n) is 14.1. The molecule has 1 fully saturated rings. The molecule has 1 saturated carbocycles. The van der Waals surface area contributed by atoms with Crippen LogP contribution in [0.3, 0.4) is 0 Å². The van der Waals surface area contributed by atoms with Gasteiger partial charge in [-0.3, -0.25) is 0 Å². The summed E-state index contributed by atoms with van der Waals surface area (Å²) in [7, 11) is 0. The molecule has 2 aliphatic rings. The highest BCUT2D eigenvalue weighted by atomic mass is 14.4. The van der Waals surface area contributed by atoms with Gasteiger partial charge in [0, 0.05) is 5.92 Å². The Balaban J connectivity index is 1.56. The minimum Gasteiger partial charge on any atom is -0.0955 e. The molecule has 0 aromatic heterocycles. The van der Waals surface area contributed by atoms with E-state index in [1.165, 1.54) is 46.2 Å². The number of allylic oxidation sites excluding steroid dienone is 6. The summed E-state index contributed by atoms with van der Waals surface area (Å²) < 4.78 is 0. The summed E-state index contributed by atoms with van der Waals surface area (Å²) in [6.45, 7) is 22.5. The molecule has 0 amide bonds. The highest BCUT2D eigenvalue weighted by Crippen LogP contribution is 2.47. The summed E-state index contributed by atoms with van der Waals surface area (Å²) in [5.74, 6) is 2.93. The molecule has 2 aromatic rings. The van der Waals surface area contributed by atoms with Gasteiger partial charge >= 0.3 is 0 Å². The van der Waals surface area contributed by atoms with Gasteiger partial charge in [-0.05, 0) is 102 Å². The van der Waals surface area contributed by atoms with Crippen LogP contribution in [0.1, 0.15) is 94.5 Å². The summed E-state index contributed by atoms with van der Waals surface area (Å²) in [5.41, 5.74) is 12.4. The Morgan fingerprint density at radius 3 is 1.92 bits per heavy atom. The number of benzene rings is 2. The van der Waals surface area contributed by atoms with Crippen molar-refractivity contribution in [2.24, 2.45) is 23.7 Å². The summed E-state index contributed by atoms with van der Waals surface area (Å²) in [6, 6.07) is 16.3. The van der Waals surface area contributed by atoms with Crippen LogP contribution in [0.15, 0.2) is 78.9 Å². The summed E-state index contributed by atoms with van der Waals surface area (Å²) >= 11 is 0. The van der Waals surface area contributed by atoms with Crippen LogP contribution in [0.5, 0.6) is 0 Å². The molecule has 4 rings (SSSR count). The first-order chi connectivity index (χ1) is 17.1. The molecule has 1 unspecified atom stereocenters. The largest absolute Gasteiger partial charge is 0.0955 e. The van der Waals surface area contributed by atoms with Gasteiger partial charge in [-0.15, -0.1) is 0 Å². The van der Waals surface area contributed by atoms with Crippen molar-refractivity contribution in [1.29, 1.82) is 0 Å². The Bertz CT molecular complexity index is 1130. The normalized spacial score (nSPS) is 18.4. The first-order valence-corrected chi connectivity index (χ1v) is 14.1. The van der Waals surface area contributed by atoms with E-state index in [4.69, 9.17) is 0 Å². The van der Waals surface area contributed by atoms with Gasteiger partial charge in [0.1, 0.15) is 0 Å². The predicted octanol–water partition coefficient (Wildman–Crippen LogP) is 10.2. The fourth-order valence-electron chi connectivity index (χ4n) is 5.75. The van der Waals surface area contributed by atoms with E-state index in [0.29, 0.717) is 23.7 Å². The third-order valence-electron chi connectivity index (χ3n) is 7.73. The molecule has 0 heteroatoms. The van der Waals surface area contributed by atoms with Gasteiger partial charge in [-0.1, -0.05) is 114 Å². The van der Waals surface area contributed by atoms with Gasteiger partial charge in [0.15, 0.2) is 0 Å². The van der Waals surface area contributed by atoms with E-state index in [-0.39, 0.29) is 0 Å². The maximum atomic E-state index is 4.62. The molecule has 0 aliphatic heterocycles. The lowest BCUT2D eigenvalue weighted by atomic mass is 9.82. The van der Waals surface area contributed by atoms with Gasteiger partial charge in [0.2, 0.25) is 0 Å². The van der Waals surface area contributed by atoms with E-state index in [1.807, 2.05) is 0 Å². The zero-order chi connectivity index (χ0) is 26.0. The average Bonchev–Trinajstić information content (AvgIpc) is 3.56. The Morgan fingerprint density at radius 1 is 0.833 bits per heavy atom. The van der Waals surface area contributed by atoms with Gasteiger partial charge in [-0.25, -0.2) is 0 Å². The fourth-order valence-corrected chi connectivity index (χ4v) is 5.75. The molecule has 2 aliphatic carbocycles. The molecular weight excluding hydrogens is 432 g/mol. The monoisotopic (exact) mass is 478 g/mol. The molecule has 0 N–H and O–H groups in total. The zero-order valence-corrected chi connectivity index (χ0v) is 23.5. The molecule has 0 radical (unpaired) electrons. The molecular formula is C36H46. The molecule has 0 bridgehead atoms. The van der Waals surface area contributed by atoms with Crippen molar-refractivity contribution in [3.63, 3.8) is 0 Å². The van der Waals surface area contributed by atoms with Crippen LogP contribution in [0.25, 0.3) is 11.1 Å². The maximum absolute atomic E-state index is 4.62. The smallest absolute Gasteiger partial charge is 0.0240 e. The minimum absolute atomic E-state index is 0.381. The average molecular weight is 479 g/mol. The van der Waals surface area contributed by atoms with Gasteiger partial charge in [-0.2, -0.15) is 0 Å². The third-order valence-corrected chi connectivity index (χ3v) is 7.73. The molecule has 0 nitrogen and oxygen atoms in total. The van der Waals surface area contributed by atoms with E-state index in [1.54, 1.807) is 11.1 Å². The van der Waals surface area contributed by atoms with Gasteiger partial charge in [0.05, 0.1) is 0 Å². The number of rotatable bonds is 11. The second-order valence-corrected chi connectivity index (χ2v) is 12.4. The topological polar surface area (TPSA) is 0 Å². The number of hydrogen-bond acceptors (Lipinski definition) is 0. The van der Waals surface area contributed by atoms with Crippen LogP contribution in [-0.2, 0) is 12.8 Å². The molecule has 0 spiro atoms. The quantitative estimate of drug-likeness (QED) is 0.301. The summed E-state index contributed by atoms with van der Waals surface area (Å²) in [6.07, 6.45) is 11.0. The summed E-state index contributed by atoms with van der Waals surface area (Å²) in [5, 5.41) is 0. The van der Waals surface area contributed by atoms with Crippen LogP contribution in [0, 0.1) is 23.7 Å². The fraction of sp³-hybridized carbons (Fsp3) is 0.444. The van der Waals surface area contributed by atoms with Crippen molar-refractivity contribution in [1.82, 2.24) is 0 Å². The van der Waals surface area contributed by atoms with E-state index in [9.17, 15) is 0 Å². The van der Waals surface area contributed by atoms with Crippen molar-refractivity contribution in [3.05, 3.63) is 107 Å². The first kappa shape index (κ1) is 26.5. The molecule has 36 heavy (non-hydrogen) atoms. The van der Waals surface area contributed by atoms with Crippen molar-refractivity contribution in [2.45, 2.75) is 79.6 Å². The Hall–Kier alpha value is -2.60. The standard InChI is InChI=1S/C36H46/c1-23(2)15-28-18-29(16-24(3)4)20-33(19-28)26(7)17-27(8)35-21-34(31-11-12-31)22-36(35)32-13-9-30(10-14-32)25(5)6/h9-10,13-14,18-24,27,31,36H,5,7,11-12,15-17H2,1-4,6,8H3/t27-,36?/m1/s1. The Kier molecular flexibility index (Phi) is 8.23. The minimum atomic E-state index is 0.381. The molecule has 0 saturated heterocycles. The van der Waals surface area contributed by atoms with E-state index in [0.717, 1.165) is 30.8 Å². The summed E-state index contributed by atoms with van der Waals surface area (Å²) in [4.78, 5) is 0. The lowest BCUT2D eigenvalue weighted by molar-refractivity contribution is 0.635. The van der Waals surface area contributed by atoms with E-state index in [2.05, 4.69) is 109 Å². The highest BCUT2D eigenvalue weighted by Gasteiger charge is 2.32. The second kappa shape index (κ2) is 11.2.